The molecule has 162 valence electrons. The summed E-state index contributed by atoms with van der Waals surface area (Å²) in [6.07, 6.45) is -3.91. The molecule has 1 N–H and O–H groups in total. The number of benzene rings is 2. The van der Waals surface area contributed by atoms with E-state index in [-0.39, 0.29) is 23.0 Å². The number of alkyl halides is 3. The van der Waals surface area contributed by atoms with Crippen LogP contribution >= 0.6 is 27.5 Å². The van der Waals surface area contributed by atoms with Crippen LogP contribution in [0.25, 0.3) is 0 Å². The highest BCUT2D eigenvalue weighted by atomic mass is 79.9. The second-order valence-corrected chi connectivity index (χ2v) is 10.1. The largest absolute Gasteiger partial charge is 0.418 e. The molecule has 0 spiro atoms. The van der Waals surface area contributed by atoms with Crippen LogP contribution in [-0.4, -0.2) is 31.7 Å². The maximum atomic E-state index is 13.3. The fraction of sp³-hybridized carbons (Fsp3) is 0.316. The van der Waals surface area contributed by atoms with E-state index in [0.717, 1.165) is 16.6 Å². The summed E-state index contributed by atoms with van der Waals surface area (Å²) < 4.78 is 67.4. The van der Waals surface area contributed by atoms with Gasteiger partial charge < -0.3 is 5.32 Å². The number of piperidine rings is 1. The van der Waals surface area contributed by atoms with Crippen LogP contribution < -0.4 is 5.32 Å². The number of anilines is 1. The summed E-state index contributed by atoms with van der Waals surface area (Å²) in [5.41, 5.74) is -1.47. The first-order valence-electron chi connectivity index (χ1n) is 8.92. The van der Waals surface area contributed by atoms with Gasteiger partial charge in [-0.25, -0.2) is 8.42 Å². The number of sulfonamides is 1. The van der Waals surface area contributed by atoms with Crippen molar-refractivity contribution in [3.05, 3.63) is 57.5 Å². The summed E-state index contributed by atoms with van der Waals surface area (Å²) in [4.78, 5) is 12.7. The summed E-state index contributed by atoms with van der Waals surface area (Å²) in [5, 5.41) is 2.18. The van der Waals surface area contributed by atoms with Gasteiger partial charge in [0, 0.05) is 22.6 Å². The Balaban J connectivity index is 1.78. The van der Waals surface area contributed by atoms with Crippen molar-refractivity contribution < 1.29 is 26.4 Å². The van der Waals surface area contributed by atoms with Crippen molar-refractivity contribution in [2.75, 3.05) is 18.4 Å². The molecule has 1 amide bonds. The number of amides is 1. The fourth-order valence-electron chi connectivity index (χ4n) is 3.23. The standard InChI is InChI=1S/C19H17BrClF3N2O3S/c20-13-3-6-15(7-4-13)30(28,29)26-9-1-2-12(11-26)18(27)25-17-8-5-14(21)10-16(17)19(22,23)24/h3-8,10,12H,1-2,9,11H2,(H,25,27)/t12-/m0/s1. The van der Waals surface area contributed by atoms with Crippen LogP contribution in [0.2, 0.25) is 5.02 Å². The molecule has 3 rings (SSSR count). The third-order valence-electron chi connectivity index (χ3n) is 4.75. The van der Waals surface area contributed by atoms with Crippen molar-refractivity contribution in [1.82, 2.24) is 4.31 Å². The van der Waals surface area contributed by atoms with E-state index in [0.29, 0.717) is 12.8 Å². The first kappa shape index (κ1) is 23.1. The maximum Gasteiger partial charge on any atom is 0.418 e. The predicted octanol–water partition coefficient (Wildman–Crippen LogP) is 5.16. The average molecular weight is 526 g/mol. The molecule has 0 saturated carbocycles. The van der Waals surface area contributed by atoms with Crippen molar-refractivity contribution in [2.45, 2.75) is 23.9 Å². The topological polar surface area (TPSA) is 66.5 Å². The van der Waals surface area contributed by atoms with Gasteiger partial charge in [-0.1, -0.05) is 27.5 Å². The average Bonchev–Trinajstić information content (AvgIpc) is 2.69. The Hall–Kier alpha value is -1.62. The minimum atomic E-state index is -4.70. The zero-order valence-electron chi connectivity index (χ0n) is 15.4. The van der Waals surface area contributed by atoms with E-state index < -0.39 is 39.3 Å². The summed E-state index contributed by atoms with van der Waals surface area (Å²) in [6.45, 7) is 0.121. The lowest BCUT2D eigenvalue weighted by Gasteiger charge is -2.31. The van der Waals surface area contributed by atoms with Gasteiger partial charge in [0.05, 0.1) is 22.1 Å². The molecule has 0 aromatic heterocycles. The van der Waals surface area contributed by atoms with Gasteiger partial charge in [0.1, 0.15) is 0 Å². The number of carbonyl (C=O) groups is 1. The number of nitrogens with one attached hydrogen (secondary N) is 1. The van der Waals surface area contributed by atoms with Crippen LogP contribution in [0.1, 0.15) is 18.4 Å². The highest BCUT2D eigenvalue weighted by Gasteiger charge is 2.36. The molecule has 0 radical (unpaired) electrons. The van der Waals surface area contributed by atoms with Crippen molar-refractivity contribution >= 4 is 49.1 Å². The molecule has 5 nitrogen and oxygen atoms in total. The summed E-state index contributed by atoms with van der Waals surface area (Å²) in [6, 6.07) is 9.17. The number of halogens is 5. The number of hydrogen-bond donors (Lipinski definition) is 1. The Labute approximate surface area is 185 Å². The molecule has 1 aliphatic heterocycles. The van der Waals surface area contributed by atoms with Crippen molar-refractivity contribution in [1.29, 1.82) is 0 Å². The van der Waals surface area contributed by atoms with Gasteiger partial charge in [0.25, 0.3) is 0 Å². The first-order valence-corrected chi connectivity index (χ1v) is 11.5. The molecule has 0 bridgehead atoms. The molecule has 1 fully saturated rings. The second-order valence-electron chi connectivity index (χ2n) is 6.83. The lowest BCUT2D eigenvalue weighted by molar-refractivity contribution is -0.137. The van der Waals surface area contributed by atoms with Crippen LogP contribution in [0.5, 0.6) is 0 Å². The zero-order valence-corrected chi connectivity index (χ0v) is 18.6. The molecular formula is C19H17BrClF3N2O3S. The van der Waals surface area contributed by atoms with E-state index in [2.05, 4.69) is 21.2 Å². The molecule has 30 heavy (non-hydrogen) atoms. The van der Waals surface area contributed by atoms with Gasteiger partial charge >= 0.3 is 6.18 Å². The Morgan fingerprint density at radius 3 is 2.47 bits per heavy atom. The molecule has 1 aliphatic rings. The van der Waals surface area contributed by atoms with E-state index in [9.17, 15) is 26.4 Å². The minimum absolute atomic E-state index is 0.0869. The van der Waals surface area contributed by atoms with Gasteiger partial charge in [-0.05, 0) is 55.3 Å². The second kappa shape index (κ2) is 8.86. The number of carbonyl (C=O) groups excluding carboxylic acids is 1. The zero-order chi connectivity index (χ0) is 22.1. The number of rotatable bonds is 4. The lowest BCUT2D eigenvalue weighted by atomic mass is 9.98. The third-order valence-corrected chi connectivity index (χ3v) is 7.39. The van der Waals surface area contributed by atoms with E-state index in [1.807, 2.05) is 0 Å². The molecule has 1 heterocycles. The highest BCUT2D eigenvalue weighted by molar-refractivity contribution is 9.10. The Bertz CT molecular complexity index is 1050. The van der Waals surface area contributed by atoms with E-state index in [1.165, 1.54) is 22.5 Å². The summed E-state index contributed by atoms with van der Waals surface area (Å²) >= 11 is 8.90. The molecule has 1 saturated heterocycles. The maximum absolute atomic E-state index is 13.3. The van der Waals surface area contributed by atoms with Crippen molar-refractivity contribution in [3.63, 3.8) is 0 Å². The van der Waals surface area contributed by atoms with Gasteiger partial charge in [-0.15, -0.1) is 0 Å². The molecule has 2 aromatic carbocycles. The monoisotopic (exact) mass is 524 g/mol. The van der Waals surface area contributed by atoms with Crippen molar-refractivity contribution in [3.8, 4) is 0 Å². The molecule has 0 unspecified atom stereocenters. The Morgan fingerprint density at radius 2 is 1.83 bits per heavy atom. The van der Waals surface area contributed by atoms with Gasteiger partial charge in [-0.2, -0.15) is 17.5 Å². The van der Waals surface area contributed by atoms with Gasteiger partial charge in [0.2, 0.25) is 15.9 Å². The highest BCUT2D eigenvalue weighted by Crippen LogP contribution is 2.37. The quantitative estimate of drug-likeness (QED) is 0.600. The smallest absolute Gasteiger partial charge is 0.325 e. The molecular weight excluding hydrogens is 509 g/mol. The van der Waals surface area contributed by atoms with E-state index in [1.54, 1.807) is 12.1 Å². The fourth-order valence-corrected chi connectivity index (χ4v) is 5.19. The molecule has 2 aromatic rings. The van der Waals surface area contributed by atoms with Crippen LogP contribution in [0.3, 0.4) is 0 Å². The number of nitrogens with zero attached hydrogens (tertiary/aromatic N) is 1. The van der Waals surface area contributed by atoms with E-state index >= 15 is 0 Å². The van der Waals surface area contributed by atoms with E-state index in [4.69, 9.17) is 11.6 Å². The SMILES string of the molecule is O=C(Nc1ccc(Cl)cc1C(F)(F)F)[C@H]1CCCN(S(=O)(=O)c2ccc(Br)cc2)C1. The Kier molecular flexibility index (Phi) is 6.81. The normalized spacial score (nSPS) is 18.2. The van der Waals surface area contributed by atoms with Crippen molar-refractivity contribution in [2.24, 2.45) is 5.92 Å². The summed E-state index contributed by atoms with van der Waals surface area (Å²) in [7, 11) is -3.82. The predicted molar refractivity (Wildman–Crippen MR) is 111 cm³/mol. The first-order chi connectivity index (χ1) is 14.0. The minimum Gasteiger partial charge on any atom is -0.325 e. The van der Waals surface area contributed by atoms with Gasteiger partial charge in [0.15, 0.2) is 0 Å². The van der Waals surface area contributed by atoms with Crippen LogP contribution in [0, 0.1) is 5.92 Å². The number of hydrogen-bond acceptors (Lipinski definition) is 3. The molecule has 1 atom stereocenters. The van der Waals surface area contributed by atoms with Crippen LogP contribution in [-0.2, 0) is 21.0 Å². The summed E-state index contributed by atoms with van der Waals surface area (Å²) in [5.74, 6) is -1.45. The third kappa shape index (κ3) is 5.16. The van der Waals surface area contributed by atoms with Crippen LogP contribution in [0.4, 0.5) is 18.9 Å². The Morgan fingerprint density at radius 1 is 1.17 bits per heavy atom. The molecule has 11 heteroatoms. The lowest BCUT2D eigenvalue weighted by Crippen LogP contribution is -2.43. The molecule has 0 aliphatic carbocycles. The van der Waals surface area contributed by atoms with Crippen LogP contribution in [0.15, 0.2) is 51.8 Å². The van der Waals surface area contributed by atoms with Gasteiger partial charge in [-0.3, -0.25) is 4.79 Å².